The fraction of sp³-hybridized carbons (Fsp3) is 0.438. The van der Waals surface area contributed by atoms with Crippen LogP contribution < -0.4 is 14.8 Å². The molecule has 10 heteroatoms. The quantitative estimate of drug-likeness (QED) is 0.469. The number of amides is 1. The van der Waals surface area contributed by atoms with Gasteiger partial charge in [-0.3, -0.25) is 4.79 Å². The van der Waals surface area contributed by atoms with E-state index in [0.29, 0.717) is 13.0 Å². The number of aromatic nitrogens is 2. The predicted molar refractivity (Wildman–Crippen MR) is 100.0 cm³/mol. The first-order chi connectivity index (χ1) is 12.4. The first-order valence-electron chi connectivity index (χ1n) is 8.29. The van der Waals surface area contributed by atoms with Crippen LogP contribution in [0.4, 0.5) is 5.13 Å². The summed E-state index contributed by atoms with van der Waals surface area (Å²) in [5, 5.41) is 9.97. The Labute approximate surface area is 157 Å². The van der Waals surface area contributed by atoms with Crippen molar-refractivity contribution in [3.63, 3.8) is 0 Å². The molecule has 0 unspecified atom stereocenters. The van der Waals surface area contributed by atoms with Crippen molar-refractivity contribution >= 4 is 32.4 Å². The van der Waals surface area contributed by atoms with E-state index in [2.05, 4.69) is 20.2 Å². The summed E-state index contributed by atoms with van der Waals surface area (Å²) in [5.74, 6) is 0.576. The molecule has 26 heavy (non-hydrogen) atoms. The van der Waals surface area contributed by atoms with Gasteiger partial charge in [0.1, 0.15) is 5.75 Å². The molecular weight excluding hydrogens is 376 g/mol. The summed E-state index contributed by atoms with van der Waals surface area (Å²) in [5.41, 5.74) is 1.10. The van der Waals surface area contributed by atoms with Crippen LogP contribution in [-0.2, 0) is 21.2 Å². The average molecular weight is 399 g/mol. The van der Waals surface area contributed by atoms with E-state index >= 15 is 0 Å². The Hall–Kier alpha value is -2.04. The summed E-state index contributed by atoms with van der Waals surface area (Å²) in [6, 6.07) is 7.73. The molecule has 0 atom stereocenters. The summed E-state index contributed by atoms with van der Waals surface area (Å²) >= 11 is 0.826. The lowest BCUT2D eigenvalue weighted by Crippen LogP contribution is -2.25. The number of nitrogens with zero attached hydrogens (tertiary/aromatic N) is 2. The Balaban J connectivity index is 1.81. The molecule has 0 saturated carbocycles. The topological polar surface area (TPSA) is 110 Å². The summed E-state index contributed by atoms with van der Waals surface area (Å²) in [7, 11) is -3.73. The van der Waals surface area contributed by atoms with Gasteiger partial charge in [-0.15, -0.1) is 10.2 Å². The SMILES string of the molecule is CCOc1ccc(CCCNS(=O)(=O)c2nnc(NC(=O)CC)s2)cc1. The van der Waals surface area contributed by atoms with Crippen LogP contribution in [0.2, 0.25) is 0 Å². The maximum absolute atomic E-state index is 12.2. The van der Waals surface area contributed by atoms with Gasteiger partial charge < -0.3 is 10.1 Å². The van der Waals surface area contributed by atoms with Crippen LogP contribution in [0.3, 0.4) is 0 Å². The maximum Gasteiger partial charge on any atom is 0.269 e. The Bertz CT molecular complexity index is 819. The van der Waals surface area contributed by atoms with Crippen LogP contribution in [0.15, 0.2) is 28.6 Å². The van der Waals surface area contributed by atoms with Gasteiger partial charge >= 0.3 is 0 Å². The normalized spacial score (nSPS) is 11.3. The predicted octanol–water partition coefficient (Wildman–Crippen LogP) is 2.20. The van der Waals surface area contributed by atoms with Crippen molar-refractivity contribution in [3.05, 3.63) is 29.8 Å². The number of carbonyl (C=O) groups is 1. The zero-order valence-electron chi connectivity index (χ0n) is 14.7. The lowest BCUT2D eigenvalue weighted by molar-refractivity contribution is -0.115. The van der Waals surface area contributed by atoms with Gasteiger partial charge in [-0.05, 0) is 37.5 Å². The second kappa shape index (κ2) is 9.60. The second-order valence-electron chi connectivity index (χ2n) is 5.35. The molecule has 0 saturated heterocycles. The van der Waals surface area contributed by atoms with Crippen LogP contribution >= 0.6 is 11.3 Å². The van der Waals surface area contributed by atoms with E-state index < -0.39 is 10.0 Å². The number of anilines is 1. The molecule has 0 radical (unpaired) electrons. The van der Waals surface area contributed by atoms with Gasteiger partial charge in [0.25, 0.3) is 10.0 Å². The summed E-state index contributed by atoms with van der Waals surface area (Å²) < 4.78 is 32.1. The zero-order valence-corrected chi connectivity index (χ0v) is 16.3. The van der Waals surface area contributed by atoms with E-state index in [9.17, 15) is 13.2 Å². The number of hydrogen-bond acceptors (Lipinski definition) is 7. The smallest absolute Gasteiger partial charge is 0.269 e. The molecule has 0 fully saturated rings. The molecular formula is C16H22N4O4S2. The number of ether oxygens (including phenoxy) is 1. The van der Waals surface area contributed by atoms with Crippen molar-refractivity contribution in [2.24, 2.45) is 0 Å². The monoisotopic (exact) mass is 398 g/mol. The Morgan fingerprint density at radius 2 is 1.92 bits per heavy atom. The van der Waals surface area contributed by atoms with Crippen LogP contribution in [0.1, 0.15) is 32.3 Å². The van der Waals surface area contributed by atoms with Crippen molar-refractivity contribution in [2.45, 2.75) is 37.4 Å². The van der Waals surface area contributed by atoms with E-state index in [1.807, 2.05) is 31.2 Å². The minimum atomic E-state index is -3.73. The van der Waals surface area contributed by atoms with Crippen molar-refractivity contribution < 1.29 is 17.9 Å². The van der Waals surface area contributed by atoms with Gasteiger partial charge in [-0.25, -0.2) is 13.1 Å². The Morgan fingerprint density at radius 3 is 2.58 bits per heavy atom. The molecule has 1 aromatic carbocycles. The molecule has 1 heterocycles. The molecule has 142 valence electrons. The van der Waals surface area contributed by atoms with Crippen LogP contribution in [0.25, 0.3) is 0 Å². The molecule has 1 amide bonds. The van der Waals surface area contributed by atoms with Gasteiger partial charge in [0.05, 0.1) is 6.61 Å². The van der Waals surface area contributed by atoms with Gasteiger partial charge in [-0.2, -0.15) is 0 Å². The number of rotatable bonds is 10. The summed E-state index contributed by atoms with van der Waals surface area (Å²) in [4.78, 5) is 11.3. The van der Waals surface area contributed by atoms with E-state index in [1.165, 1.54) is 0 Å². The summed E-state index contributed by atoms with van der Waals surface area (Å²) in [6.45, 7) is 4.53. The molecule has 2 rings (SSSR count). The maximum atomic E-state index is 12.2. The van der Waals surface area contributed by atoms with Crippen molar-refractivity contribution in [2.75, 3.05) is 18.5 Å². The Kier molecular flexibility index (Phi) is 7.49. The molecule has 0 aliphatic rings. The van der Waals surface area contributed by atoms with E-state index in [-0.39, 0.29) is 28.3 Å². The number of hydrogen-bond donors (Lipinski definition) is 2. The molecule has 0 aliphatic carbocycles. The van der Waals surface area contributed by atoms with E-state index in [0.717, 1.165) is 29.1 Å². The number of carbonyl (C=O) groups excluding carboxylic acids is 1. The highest BCUT2D eigenvalue weighted by Gasteiger charge is 2.20. The van der Waals surface area contributed by atoms with Crippen molar-refractivity contribution in [1.82, 2.24) is 14.9 Å². The molecule has 2 N–H and O–H groups in total. The average Bonchev–Trinajstić information content (AvgIpc) is 3.09. The highest BCUT2D eigenvalue weighted by atomic mass is 32.2. The zero-order chi connectivity index (χ0) is 19.0. The van der Waals surface area contributed by atoms with Crippen LogP contribution in [0.5, 0.6) is 5.75 Å². The highest BCUT2D eigenvalue weighted by molar-refractivity contribution is 7.91. The minimum Gasteiger partial charge on any atom is -0.494 e. The lowest BCUT2D eigenvalue weighted by Gasteiger charge is -2.06. The first-order valence-corrected chi connectivity index (χ1v) is 10.6. The van der Waals surface area contributed by atoms with E-state index in [4.69, 9.17) is 4.74 Å². The third kappa shape index (κ3) is 6.04. The summed E-state index contributed by atoms with van der Waals surface area (Å²) in [6.07, 6.45) is 1.67. The standard InChI is InChI=1S/C16H22N4O4S2/c1-3-14(21)18-15-19-20-16(25-15)26(22,23)17-11-5-6-12-7-9-13(10-8-12)24-4-2/h7-10,17H,3-6,11H2,1-2H3,(H,18,19,21). The number of sulfonamides is 1. The number of nitrogens with one attached hydrogen (secondary N) is 2. The van der Waals surface area contributed by atoms with Gasteiger partial charge in [-0.1, -0.05) is 30.4 Å². The molecule has 0 bridgehead atoms. The molecule has 0 aliphatic heterocycles. The molecule has 0 spiro atoms. The largest absolute Gasteiger partial charge is 0.494 e. The number of aryl methyl sites for hydroxylation is 1. The van der Waals surface area contributed by atoms with Crippen LogP contribution in [0, 0.1) is 0 Å². The van der Waals surface area contributed by atoms with E-state index in [1.54, 1.807) is 6.92 Å². The molecule has 1 aromatic heterocycles. The van der Waals surface area contributed by atoms with Gasteiger partial charge in [0.15, 0.2) is 0 Å². The molecule has 8 nitrogen and oxygen atoms in total. The highest BCUT2D eigenvalue weighted by Crippen LogP contribution is 2.20. The fourth-order valence-corrected chi connectivity index (χ4v) is 4.09. The van der Waals surface area contributed by atoms with Crippen molar-refractivity contribution in [3.8, 4) is 5.75 Å². The van der Waals surface area contributed by atoms with Gasteiger partial charge in [0.2, 0.25) is 15.4 Å². The van der Waals surface area contributed by atoms with Crippen LogP contribution in [-0.4, -0.2) is 37.7 Å². The third-order valence-corrected chi connectivity index (χ3v) is 6.04. The van der Waals surface area contributed by atoms with Crippen molar-refractivity contribution in [1.29, 1.82) is 0 Å². The first kappa shape index (κ1) is 20.3. The molecule has 2 aromatic rings. The second-order valence-corrected chi connectivity index (χ2v) is 8.27. The third-order valence-electron chi connectivity index (χ3n) is 3.37. The number of benzene rings is 1. The fourth-order valence-electron chi connectivity index (χ4n) is 2.06. The van der Waals surface area contributed by atoms with Gasteiger partial charge in [0, 0.05) is 13.0 Å². The Morgan fingerprint density at radius 1 is 1.19 bits per heavy atom. The lowest BCUT2D eigenvalue weighted by atomic mass is 10.1. The minimum absolute atomic E-state index is 0.162.